The Hall–Kier alpha value is -3.02. The highest BCUT2D eigenvalue weighted by Gasteiger charge is 2.13. The number of nitrogens with two attached hydrogens (primary N) is 1. The fraction of sp³-hybridized carbons (Fsp3) is 0.0476. The van der Waals surface area contributed by atoms with Gasteiger partial charge < -0.3 is 15.8 Å². The van der Waals surface area contributed by atoms with Crippen molar-refractivity contribution in [2.75, 3.05) is 5.32 Å². The molecule has 0 radical (unpaired) electrons. The molecule has 2 amide bonds. The molecular weight excluding hydrogens is 399 g/mol. The van der Waals surface area contributed by atoms with Gasteiger partial charge in [-0.1, -0.05) is 41.4 Å². The number of para-hydroxylation sites is 1. The van der Waals surface area contributed by atoms with Gasteiger partial charge in [0.05, 0.1) is 5.56 Å². The van der Waals surface area contributed by atoms with Crippen molar-refractivity contribution in [2.24, 2.45) is 5.73 Å². The topological polar surface area (TPSA) is 81.4 Å². The summed E-state index contributed by atoms with van der Waals surface area (Å²) in [6, 6.07) is 18.3. The van der Waals surface area contributed by atoms with Crippen LogP contribution in [0.25, 0.3) is 0 Å². The molecule has 0 atom stereocenters. The molecule has 3 N–H and O–H groups in total. The second-order valence-corrected chi connectivity index (χ2v) is 6.76. The van der Waals surface area contributed by atoms with Gasteiger partial charge in [0.2, 0.25) is 5.91 Å². The molecule has 5 nitrogen and oxygen atoms in total. The maximum absolute atomic E-state index is 12.7. The number of rotatable bonds is 6. The number of carbonyl (C=O) groups excluding carboxylic acids is 2. The molecule has 0 saturated heterocycles. The Bertz CT molecular complexity index is 1020. The average molecular weight is 415 g/mol. The number of hydrogen-bond donors (Lipinski definition) is 2. The minimum absolute atomic E-state index is 0.188. The third-order valence-electron chi connectivity index (χ3n) is 3.96. The van der Waals surface area contributed by atoms with Crippen molar-refractivity contribution in [3.8, 4) is 5.75 Å². The maximum atomic E-state index is 12.7. The smallest absolute Gasteiger partial charge is 0.259 e. The monoisotopic (exact) mass is 414 g/mol. The van der Waals surface area contributed by atoms with Crippen molar-refractivity contribution < 1.29 is 14.3 Å². The van der Waals surface area contributed by atoms with E-state index >= 15 is 0 Å². The quantitative estimate of drug-likeness (QED) is 0.600. The standard InChI is InChI=1S/C21H16Cl2N2O3/c22-15-8-5-14(18(23)11-15)12-28-19-4-2-1-3-17(19)21(27)25-16-9-6-13(7-10-16)20(24)26/h1-11H,12H2,(H2,24,26)(H,25,27). The molecule has 0 saturated carbocycles. The van der Waals surface area contributed by atoms with Crippen molar-refractivity contribution in [2.45, 2.75) is 6.61 Å². The minimum atomic E-state index is -0.530. The number of halogens is 2. The Morgan fingerprint density at radius 1 is 0.964 bits per heavy atom. The molecule has 0 aliphatic heterocycles. The molecule has 0 spiro atoms. The van der Waals surface area contributed by atoms with Crippen molar-refractivity contribution >= 4 is 40.7 Å². The summed E-state index contributed by atoms with van der Waals surface area (Å²) in [7, 11) is 0. The largest absolute Gasteiger partial charge is 0.488 e. The van der Waals surface area contributed by atoms with Gasteiger partial charge in [-0.25, -0.2) is 0 Å². The van der Waals surface area contributed by atoms with Crippen LogP contribution in [-0.2, 0) is 6.61 Å². The van der Waals surface area contributed by atoms with Crippen LogP contribution < -0.4 is 15.8 Å². The van der Waals surface area contributed by atoms with Gasteiger partial charge in [-0.15, -0.1) is 0 Å². The molecule has 0 aliphatic carbocycles. The van der Waals surface area contributed by atoms with Crippen LogP contribution in [0.5, 0.6) is 5.75 Å². The Morgan fingerprint density at radius 2 is 1.68 bits per heavy atom. The van der Waals surface area contributed by atoms with Crippen LogP contribution in [0.2, 0.25) is 10.0 Å². The fourth-order valence-corrected chi connectivity index (χ4v) is 2.95. The summed E-state index contributed by atoms with van der Waals surface area (Å²) in [5, 5.41) is 3.79. The van der Waals surface area contributed by atoms with Gasteiger partial charge in [-0.3, -0.25) is 9.59 Å². The Kier molecular flexibility index (Phi) is 6.19. The summed E-state index contributed by atoms with van der Waals surface area (Å²) in [4.78, 5) is 23.8. The Balaban J connectivity index is 1.73. The fourth-order valence-electron chi connectivity index (χ4n) is 2.49. The van der Waals surface area contributed by atoms with E-state index in [0.717, 1.165) is 5.56 Å². The van der Waals surface area contributed by atoms with Gasteiger partial charge in [0, 0.05) is 26.9 Å². The van der Waals surface area contributed by atoms with Crippen molar-refractivity contribution in [3.05, 3.63) is 93.5 Å². The molecule has 7 heteroatoms. The summed E-state index contributed by atoms with van der Waals surface area (Å²) in [6.07, 6.45) is 0. The number of primary amides is 1. The van der Waals surface area contributed by atoms with Crippen LogP contribution >= 0.6 is 23.2 Å². The maximum Gasteiger partial charge on any atom is 0.259 e. The molecular formula is C21H16Cl2N2O3. The van der Waals surface area contributed by atoms with E-state index < -0.39 is 5.91 Å². The lowest BCUT2D eigenvalue weighted by Gasteiger charge is -2.13. The zero-order valence-electron chi connectivity index (χ0n) is 14.6. The first-order valence-corrected chi connectivity index (χ1v) is 9.06. The lowest BCUT2D eigenvalue weighted by atomic mass is 10.1. The van der Waals surface area contributed by atoms with E-state index in [4.69, 9.17) is 33.7 Å². The van der Waals surface area contributed by atoms with Crippen molar-refractivity contribution in [1.82, 2.24) is 0 Å². The van der Waals surface area contributed by atoms with Gasteiger partial charge in [0.25, 0.3) is 5.91 Å². The summed E-state index contributed by atoms with van der Waals surface area (Å²) >= 11 is 12.1. The minimum Gasteiger partial charge on any atom is -0.488 e. The molecule has 0 fully saturated rings. The van der Waals surface area contributed by atoms with Crippen LogP contribution in [0.3, 0.4) is 0 Å². The van der Waals surface area contributed by atoms with Gasteiger partial charge in [-0.05, 0) is 48.5 Å². The second kappa shape index (κ2) is 8.78. The van der Waals surface area contributed by atoms with E-state index in [2.05, 4.69) is 5.32 Å². The second-order valence-electron chi connectivity index (χ2n) is 5.92. The van der Waals surface area contributed by atoms with E-state index in [9.17, 15) is 9.59 Å². The first-order valence-electron chi connectivity index (χ1n) is 8.31. The summed E-state index contributed by atoms with van der Waals surface area (Å²) in [5.74, 6) is -0.457. The highest BCUT2D eigenvalue weighted by Crippen LogP contribution is 2.25. The van der Waals surface area contributed by atoms with Crippen LogP contribution in [0.15, 0.2) is 66.7 Å². The van der Waals surface area contributed by atoms with Crippen molar-refractivity contribution in [1.29, 1.82) is 0 Å². The molecule has 3 rings (SSSR count). The van der Waals surface area contributed by atoms with Gasteiger partial charge >= 0.3 is 0 Å². The summed E-state index contributed by atoms with van der Waals surface area (Å²) < 4.78 is 5.80. The molecule has 28 heavy (non-hydrogen) atoms. The first kappa shape index (κ1) is 19.7. The lowest BCUT2D eigenvalue weighted by molar-refractivity contribution is 0.0997. The molecule has 0 unspecified atom stereocenters. The summed E-state index contributed by atoms with van der Waals surface area (Å²) in [6.45, 7) is 0.188. The summed E-state index contributed by atoms with van der Waals surface area (Å²) in [5.41, 5.74) is 7.23. The number of benzene rings is 3. The van der Waals surface area contributed by atoms with E-state index in [0.29, 0.717) is 32.6 Å². The van der Waals surface area contributed by atoms with E-state index in [1.807, 2.05) is 0 Å². The Labute approximate surface area is 172 Å². The number of ether oxygens (including phenoxy) is 1. The third-order valence-corrected chi connectivity index (χ3v) is 4.54. The van der Waals surface area contributed by atoms with Crippen LogP contribution in [-0.4, -0.2) is 11.8 Å². The Morgan fingerprint density at radius 3 is 2.36 bits per heavy atom. The molecule has 3 aromatic rings. The molecule has 0 aliphatic rings. The molecule has 0 heterocycles. The average Bonchev–Trinajstić information content (AvgIpc) is 2.68. The van der Waals surface area contributed by atoms with Gasteiger partial charge in [-0.2, -0.15) is 0 Å². The van der Waals surface area contributed by atoms with E-state index in [-0.39, 0.29) is 12.5 Å². The molecule has 0 bridgehead atoms. The number of amides is 2. The normalized spacial score (nSPS) is 10.4. The van der Waals surface area contributed by atoms with Crippen LogP contribution in [0.4, 0.5) is 5.69 Å². The zero-order valence-corrected chi connectivity index (χ0v) is 16.1. The zero-order chi connectivity index (χ0) is 20.1. The highest BCUT2D eigenvalue weighted by atomic mass is 35.5. The molecule has 0 aromatic heterocycles. The number of anilines is 1. The molecule has 142 valence electrons. The van der Waals surface area contributed by atoms with Crippen molar-refractivity contribution in [3.63, 3.8) is 0 Å². The predicted octanol–water partition coefficient (Wildman–Crippen LogP) is 4.92. The first-order chi connectivity index (χ1) is 13.4. The third kappa shape index (κ3) is 4.82. The molecule has 3 aromatic carbocycles. The van der Waals surface area contributed by atoms with E-state index in [1.165, 1.54) is 0 Å². The van der Waals surface area contributed by atoms with Gasteiger partial charge in [0.15, 0.2) is 0 Å². The number of carbonyl (C=O) groups is 2. The van der Waals surface area contributed by atoms with Gasteiger partial charge in [0.1, 0.15) is 12.4 Å². The predicted molar refractivity (Wildman–Crippen MR) is 110 cm³/mol. The number of hydrogen-bond acceptors (Lipinski definition) is 3. The lowest BCUT2D eigenvalue weighted by Crippen LogP contribution is -2.14. The number of nitrogens with one attached hydrogen (secondary N) is 1. The highest BCUT2D eigenvalue weighted by molar-refractivity contribution is 6.35. The van der Waals surface area contributed by atoms with Crippen LogP contribution in [0, 0.1) is 0 Å². The van der Waals surface area contributed by atoms with Crippen LogP contribution in [0.1, 0.15) is 26.3 Å². The SMILES string of the molecule is NC(=O)c1ccc(NC(=O)c2ccccc2OCc2ccc(Cl)cc2Cl)cc1. The van der Waals surface area contributed by atoms with E-state index in [1.54, 1.807) is 66.7 Å².